The van der Waals surface area contributed by atoms with Crippen LogP contribution in [0.15, 0.2) is 23.3 Å². The lowest BCUT2D eigenvalue weighted by Crippen LogP contribution is -2.60. The third-order valence-corrected chi connectivity index (χ3v) is 13.7. The van der Waals surface area contributed by atoms with Crippen LogP contribution in [0.25, 0.3) is 0 Å². The Bertz CT molecular complexity index is 1350. The van der Waals surface area contributed by atoms with Crippen LogP contribution in [0, 0.1) is 35.5 Å². The summed E-state index contributed by atoms with van der Waals surface area (Å²) < 4.78 is 50.3. The van der Waals surface area contributed by atoms with Crippen LogP contribution in [0.5, 0.6) is 0 Å². The van der Waals surface area contributed by atoms with Gasteiger partial charge in [0.05, 0.1) is 30.8 Å². The molecule has 3 aliphatic carbocycles. The lowest BCUT2D eigenvalue weighted by Gasteiger charge is -2.44. The molecular formula is C43H69NO10. The Balaban J connectivity index is 1.23. The van der Waals surface area contributed by atoms with Gasteiger partial charge >= 0.3 is 5.97 Å². The van der Waals surface area contributed by atoms with Crippen molar-refractivity contribution in [3.05, 3.63) is 23.3 Å². The molecule has 0 aromatic carbocycles. The number of methoxy groups -OCH3 is 2. The zero-order valence-electron chi connectivity index (χ0n) is 34.6. The highest BCUT2D eigenvalue weighted by Crippen LogP contribution is 2.56. The number of allylic oxidation sites excluding steroid dienone is 4. The van der Waals surface area contributed by atoms with Crippen molar-refractivity contribution in [2.24, 2.45) is 35.5 Å². The van der Waals surface area contributed by atoms with Crippen LogP contribution in [-0.2, 0) is 47.5 Å². The number of hydrogen-bond acceptors (Lipinski definition) is 11. The first kappa shape index (κ1) is 41.9. The summed E-state index contributed by atoms with van der Waals surface area (Å²) in [5, 5.41) is 0. The summed E-state index contributed by atoms with van der Waals surface area (Å²) in [5.74, 6) is 0.00892. The number of rotatable bonds is 10. The Kier molecular flexibility index (Phi) is 14.2. The number of carbonyl (C=O) groups excluding carboxylic acids is 2. The van der Waals surface area contributed by atoms with E-state index in [1.54, 1.807) is 14.2 Å². The molecule has 54 heavy (non-hydrogen) atoms. The second-order valence-corrected chi connectivity index (χ2v) is 17.2. The summed E-state index contributed by atoms with van der Waals surface area (Å²) in [5.41, 5.74) is 2.08. The molecule has 4 fully saturated rings. The quantitative estimate of drug-likeness (QED) is 0.186. The lowest BCUT2D eigenvalue weighted by molar-refractivity contribution is -0.317. The first-order chi connectivity index (χ1) is 25.9. The monoisotopic (exact) mass is 759 g/mol. The summed E-state index contributed by atoms with van der Waals surface area (Å²) >= 11 is 0. The Hall–Kier alpha value is -1.70. The number of fused-ring (bicyclic) bond motifs is 5. The van der Waals surface area contributed by atoms with Gasteiger partial charge in [-0.05, 0) is 122 Å². The number of hydrogen-bond donors (Lipinski definition) is 0. The number of esters is 1. The number of carbonyl (C=O) groups is 2. The fourth-order valence-corrected chi connectivity index (χ4v) is 10.9. The molecule has 0 aromatic rings. The number of Topliss-reactive ketones (excluding diaryl/α,β-unsaturated/α-hetero) is 1. The second kappa shape index (κ2) is 18.3. The van der Waals surface area contributed by atoms with E-state index >= 15 is 0 Å². The number of ether oxygens (including phenoxy) is 8. The van der Waals surface area contributed by atoms with E-state index in [0.29, 0.717) is 25.0 Å². The molecule has 0 aromatic heterocycles. The van der Waals surface area contributed by atoms with E-state index in [1.165, 1.54) is 5.57 Å². The van der Waals surface area contributed by atoms with Gasteiger partial charge < -0.3 is 42.8 Å². The van der Waals surface area contributed by atoms with Crippen molar-refractivity contribution in [2.75, 3.05) is 34.9 Å². The normalized spacial score (nSPS) is 44.7. The van der Waals surface area contributed by atoms with Crippen molar-refractivity contribution >= 4 is 11.8 Å². The van der Waals surface area contributed by atoms with Gasteiger partial charge in [-0.3, -0.25) is 9.59 Å². The van der Waals surface area contributed by atoms with Crippen LogP contribution in [0.4, 0.5) is 0 Å². The lowest BCUT2D eigenvalue weighted by atomic mass is 9.67. The van der Waals surface area contributed by atoms with Crippen molar-refractivity contribution in [3.63, 3.8) is 0 Å². The zero-order chi connectivity index (χ0) is 38.8. The number of cyclic esters (lactones) is 1. The van der Waals surface area contributed by atoms with E-state index in [1.807, 2.05) is 20.8 Å². The van der Waals surface area contributed by atoms with Crippen LogP contribution in [0.3, 0.4) is 0 Å². The highest BCUT2D eigenvalue weighted by Gasteiger charge is 2.54. The molecule has 306 valence electrons. The molecule has 0 unspecified atom stereocenters. The summed E-state index contributed by atoms with van der Waals surface area (Å²) in [6.07, 6.45) is 8.61. The third-order valence-electron chi connectivity index (χ3n) is 13.7. The molecule has 0 N–H and O–H groups in total. The summed E-state index contributed by atoms with van der Waals surface area (Å²) in [6.45, 7) is 12.9. The first-order valence-electron chi connectivity index (χ1n) is 21.0. The van der Waals surface area contributed by atoms with Crippen LogP contribution >= 0.6 is 0 Å². The number of likely N-dealkylation sites (N-methyl/N-ethyl adjacent to an activating group) is 1. The molecule has 0 bridgehead atoms. The molecule has 1 saturated carbocycles. The van der Waals surface area contributed by atoms with Gasteiger partial charge in [0.25, 0.3) is 0 Å². The molecule has 3 heterocycles. The predicted molar refractivity (Wildman–Crippen MR) is 203 cm³/mol. The number of nitrogens with zero attached hydrogens (tertiary/aromatic N) is 1. The topological polar surface area (TPSA) is 111 Å². The molecule has 11 heteroatoms. The van der Waals surface area contributed by atoms with Gasteiger partial charge in [0.1, 0.15) is 24.4 Å². The van der Waals surface area contributed by atoms with E-state index in [4.69, 9.17) is 37.9 Å². The first-order valence-corrected chi connectivity index (χ1v) is 21.0. The maximum atomic E-state index is 14.8. The smallest absolute Gasteiger partial charge is 0.306 e. The van der Waals surface area contributed by atoms with Gasteiger partial charge in [-0.1, -0.05) is 31.6 Å². The molecule has 0 spiro atoms. The van der Waals surface area contributed by atoms with Crippen LogP contribution in [0.2, 0.25) is 0 Å². The van der Waals surface area contributed by atoms with Gasteiger partial charge in [-0.25, -0.2) is 0 Å². The van der Waals surface area contributed by atoms with Crippen LogP contribution in [-0.4, -0.2) is 119 Å². The Morgan fingerprint density at radius 3 is 2.26 bits per heavy atom. The van der Waals surface area contributed by atoms with E-state index in [9.17, 15) is 9.59 Å². The molecule has 17 atom stereocenters. The molecule has 3 aliphatic heterocycles. The molecule has 6 rings (SSSR count). The highest BCUT2D eigenvalue weighted by molar-refractivity contribution is 5.99. The van der Waals surface area contributed by atoms with E-state index < -0.39 is 12.4 Å². The van der Waals surface area contributed by atoms with Crippen molar-refractivity contribution in [2.45, 2.75) is 167 Å². The van der Waals surface area contributed by atoms with Gasteiger partial charge in [-0.15, -0.1) is 0 Å². The minimum atomic E-state index is -0.597. The van der Waals surface area contributed by atoms with Gasteiger partial charge in [0.2, 0.25) is 0 Å². The summed E-state index contributed by atoms with van der Waals surface area (Å²) in [7, 11) is 7.53. The fourth-order valence-electron chi connectivity index (χ4n) is 10.9. The average molecular weight is 760 g/mol. The SMILES string of the molecule is CCO[C@@H]1[C@@H](OC)[C@H](C)O[C@H](O[C@H]2C[C@H]3[C@@H]4C=C5C(=O)[C@H](C)[C@@H](O[C@H]6CC[C@H](N(C)C)[C@@H](C)O6)CCC[C@H](CC)OC(=O)C[C@H]5[C@@H]4C=C(C)[C@@H]3C2)[C@@H]1OC. The largest absolute Gasteiger partial charge is 0.462 e. The molecule has 6 aliphatic rings. The Labute approximate surface area is 324 Å². The minimum absolute atomic E-state index is 0.0361. The zero-order valence-corrected chi connectivity index (χ0v) is 34.6. The Morgan fingerprint density at radius 1 is 0.833 bits per heavy atom. The van der Waals surface area contributed by atoms with Crippen molar-refractivity contribution in [1.29, 1.82) is 0 Å². The third kappa shape index (κ3) is 8.74. The van der Waals surface area contributed by atoms with E-state index in [2.05, 4.69) is 51.9 Å². The van der Waals surface area contributed by atoms with Crippen molar-refractivity contribution < 1.29 is 47.5 Å². The van der Waals surface area contributed by atoms with Crippen LogP contribution in [0.1, 0.15) is 99.3 Å². The van der Waals surface area contributed by atoms with Crippen LogP contribution < -0.4 is 0 Å². The van der Waals surface area contributed by atoms with Crippen molar-refractivity contribution in [1.82, 2.24) is 4.90 Å². The Morgan fingerprint density at radius 2 is 1.59 bits per heavy atom. The minimum Gasteiger partial charge on any atom is -0.462 e. The predicted octanol–water partition coefficient (Wildman–Crippen LogP) is 6.27. The maximum Gasteiger partial charge on any atom is 0.306 e. The van der Waals surface area contributed by atoms with Gasteiger partial charge in [0, 0.05) is 38.7 Å². The molecule has 0 amide bonds. The molecular weight excluding hydrogens is 690 g/mol. The van der Waals surface area contributed by atoms with Gasteiger partial charge in [0.15, 0.2) is 18.4 Å². The van der Waals surface area contributed by atoms with Crippen molar-refractivity contribution in [3.8, 4) is 0 Å². The summed E-state index contributed by atoms with van der Waals surface area (Å²) in [6, 6.07) is 0.337. The molecule has 3 saturated heterocycles. The van der Waals surface area contributed by atoms with E-state index in [0.717, 1.165) is 50.5 Å². The summed E-state index contributed by atoms with van der Waals surface area (Å²) in [4.78, 5) is 30.6. The highest BCUT2D eigenvalue weighted by atomic mass is 16.7. The second-order valence-electron chi connectivity index (χ2n) is 17.2. The molecule has 0 radical (unpaired) electrons. The van der Waals surface area contributed by atoms with Gasteiger partial charge in [-0.2, -0.15) is 0 Å². The average Bonchev–Trinajstić information content (AvgIpc) is 3.71. The maximum absolute atomic E-state index is 14.8. The molecule has 11 nitrogen and oxygen atoms in total. The standard InChI is InChI=1S/C43H69NO10/c1-11-27-14-13-15-36(54-38-17-16-35(44(7)8)25(5)50-38)24(4)39(46)34-21-32-30(33(34)22-37(45)52-27)18-23(3)29-19-28(20-31(29)32)53-43-42(48-10)41(49-12-2)40(47-9)26(6)51-43/h18,21,24-33,35-36,38,40-43H,11-17,19-20,22H2,1-10H3/t24-,25-,26+,27+,28-,29+,30-,31-,32-,33+,35+,36+,38+,40+,41-,42-,43-/m1/s1. The number of ketones is 1. The fraction of sp³-hybridized carbons (Fsp3) is 0.860. The van der Waals surface area contributed by atoms with E-state index in [-0.39, 0.29) is 96.8 Å².